The second-order valence-electron chi connectivity index (χ2n) is 5.45. The van der Waals surface area contributed by atoms with Crippen LogP contribution in [0.5, 0.6) is 0 Å². The van der Waals surface area contributed by atoms with Crippen LogP contribution >= 0.6 is 0 Å². The van der Waals surface area contributed by atoms with Gasteiger partial charge in [0.05, 0.1) is 0 Å². The Labute approximate surface area is 127 Å². The van der Waals surface area contributed by atoms with Crippen molar-refractivity contribution in [3.05, 3.63) is 76.9 Å². The number of carbonyl (C=O) groups excluding carboxylic acids is 1. The van der Waals surface area contributed by atoms with Crippen LogP contribution in [0.3, 0.4) is 0 Å². The molecule has 0 saturated carbocycles. The molecule has 2 rings (SSSR count). The number of rotatable bonds is 5. The van der Waals surface area contributed by atoms with Gasteiger partial charge < -0.3 is 0 Å². The fourth-order valence-electron chi connectivity index (χ4n) is 2.58. The first-order valence-electron chi connectivity index (χ1n) is 7.45. The van der Waals surface area contributed by atoms with Crippen LogP contribution in [0.4, 0.5) is 0 Å². The summed E-state index contributed by atoms with van der Waals surface area (Å²) in [6, 6.07) is 16.8. The highest BCUT2D eigenvalue weighted by molar-refractivity contribution is 5.95. The monoisotopic (exact) mass is 278 g/mol. The molecule has 0 heterocycles. The minimum absolute atomic E-state index is 0.0971. The lowest BCUT2D eigenvalue weighted by molar-refractivity contribution is -0.112. The molecule has 0 saturated heterocycles. The molecule has 0 radical (unpaired) electrons. The summed E-state index contributed by atoms with van der Waals surface area (Å²) in [6.45, 7) is 5.86. The fraction of sp³-hybridized carbons (Fsp3) is 0.250. The lowest BCUT2D eigenvalue weighted by Crippen LogP contribution is -1.97. The van der Waals surface area contributed by atoms with Gasteiger partial charge in [-0.3, -0.25) is 4.79 Å². The summed E-state index contributed by atoms with van der Waals surface area (Å²) in [4.78, 5) is 11.6. The van der Waals surface area contributed by atoms with Crippen LogP contribution in [0.1, 0.15) is 36.1 Å². The lowest BCUT2D eigenvalue weighted by Gasteiger charge is -2.11. The Morgan fingerprint density at radius 1 is 1.05 bits per heavy atom. The molecule has 0 aliphatic carbocycles. The summed E-state index contributed by atoms with van der Waals surface area (Å²) in [5.74, 6) is 0.0971. The average molecular weight is 278 g/mol. The molecule has 21 heavy (non-hydrogen) atoms. The molecule has 0 atom stereocenters. The van der Waals surface area contributed by atoms with E-state index in [2.05, 4.69) is 50.2 Å². The van der Waals surface area contributed by atoms with Gasteiger partial charge in [0.1, 0.15) is 0 Å². The van der Waals surface area contributed by atoms with E-state index in [1.807, 2.05) is 12.1 Å². The Balaban J connectivity index is 2.38. The Morgan fingerprint density at radius 2 is 1.76 bits per heavy atom. The Hall–Kier alpha value is -2.15. The highest BCUT2D eigenvalue weighted by Gasteiger charge is 2.07. The molecule has 0 unspecified atom stereocenters. The van der Waals surface area contributed by atoms with Crippen molar-refractivity contribution < 1.29 is 4.79 Å². The molecule has 2 aromatic rings. The van der Waals surface area contributed by atoms with Crippen molar-refractivity contribution in [2.75, 3.05) is 0 Å². The fourth-order valence-corrected chi connectivity index (χ4v) is 2.58. The molecule has 0 N–H and O–H groups in total. The van der Waals surface area contributed by atoms with Gasteiger partial charge >= 0.3 is 0 Å². The summed E-state index contributed by atoms with van der Waals surface area (Å²) < 4.78 is 0. The lowest BCUT2D eigenvalue weighted by atomic mass is 9.93. The minimum atomic E-state index is 0.0971. The van der Waals surface area contributed by atoms with E-state index in [0.717, 1.165) is 24.0 Å². The maximum Gasteiger partial charge on any atom is 0.152 e. The van der Waals surface area contributed by atoms with Gasteiger partial charge in [0, 0.05) is 0 Å². The molecule has 0 aromatic heterocycles. The summed E-state index contributed by atoms with van der Waals surface area (Å²) in [5.41, 5.74) is 6.05. The zero-order chi connectivity index (χ0) is 15.2. The number of aryl methyl sites for hydroxylation is 2. The summed E-state index contributed by atoms with van der Waals surface area (Å²) >= 11 is 0. The van der Waals surface area contributed by atoms with Crippen LogP contribution in [-0.4, -0.2) is 5.78 Å². The van der Waals surface area contributed by atoms with Crippen molar-refractivity contribution in [3.63, 3.8) is 0 Å². The third-order valence-corrected chi connectivity index (χ3v) is 3.66. The molecular formula is C20H22O. The zero-order valence-electron chi connectivity index (χ0n) is 13.0. The quantitative estimate of drug-likeness (QED) is 0.720. The Bertz CT molecular complexity index is 665. The van der Waals surface area contributed by atoms with Crippen LogP contribution in [0.15, 0.2) is 54.6 Å². The van der Waals surface area contributed by atoms with Crippen LogP contribution in [0.2, 0.25) is 0 Å². The van der Waals surface area contributed by atoms with Crippen molar-refractivity contribution in [2.24, 2.45) is 0 Å². The van der Waals surface area contributed by atoms with Gasteiger partial charge in [0.2, 0.25) is 0 Å². The number of hydrogen-bond donors (Lipinski definition) is 0. The molecule has 0 spiro atoms. The molecule has 2 aromatic carbocycles. The van der Waals surface area contributed by atoms with Gasteiger partial charge in [-0.15, -0.1) is 0 Å². The topological polar surface area (TPSA) is 17.1 Å². The van der Waals surface area contributed by atoms with E-state index in [0.29, 0.717) is 0 Å². The molecule has 0 aliphatic rings. The molecule has 0 fully saturated rings. The first kappa shape index (κ1) is 15.2. The van der Waals surface area contributed by atoms with Crippen LogP contribution in [0.25, 0.3) is 5.57 Å². The zero-order valence-corrected chi connectivity index (χ0v) is 13.0. The van der Waals surface area contributed by atoms with Gasteiger partial charge in [-0.25, -0.2) is 0 Å². The number of hydrogen-bond acceptors (Lipinski definition) is 1. The van der Waals surface area contributed by atoms with Crippen molar-refractivity contribution in [1.82, 2.24) is 0 Å². The minimum Gasteiger partial charge on any atom is -0.295 e. The largest absolute Gasteiger partial charge is 0.295 e. The SMILES string of the molecule is CCc1cccc(C/C(=C/C(C)=O)c2ccccc2C)c1. The summed E-state index contributed by atoms with van der Waals surface area (Å²) in [7, 11) is 0. The number of carbonyl (C=O) groups is 1. The van der Waals surface area contributed by atoms with Gasteiger partial charge in [-0.05, 0) is 60.6 Å². The second kappa shape index (κ2) is 7.03. The predicted molar refractivity (Wildman–Crippen MR) is 89.4 cm³/mol. The first-order chi connectivity index (χ1) is 10.1. The molecule has 0 aliphatic heterocycles. The van der Waals surface area contributed by atoms with Gasteiger partial charge in [0.25, 0.3) is 0 Å². The maximum absolute atomic E-state index is 11.6. The number of ketones is 1. The molecular weight excluding hydrogens is 256 g/mol. The number of benzene rings is 2. The molecule has 1 heteroatoms. The Kier molecular flexibility index (Phi) is 5.10. The highest BCUT2D eigenvalue weighted by atomic mass is 16.1. The summed E-state index contributed by atoms with van der Waals surface area (Å²) in [6.07, 6.45) is 3.59. The van der Waals surface area contributed by atoms with Crippen LogP contribution < -0.4 is 0 Å². The van der Waals surface area contributed by atoms with Crippen LogP contribution in [0, 0.1) is 6.92 Å². The third kappa shape index (κ3) is 4.16. The maximum atomic E-state index is 11.6. The third-order valence-electron chi connectivity index (χ3n) is 3.66. The van der Waals surface area contributed by atoms with Crippen molar-refractivity contribution in [2.45, 2.75) is 33.6 Å². The van der Waals surface area contributed by atoms with Gasteiger partial charge in [-0.1, -0.05) is 55.5 Å². The number of allylic oxidation sites excluding steroid dienone is 2. The van der Waals surface area contributed by atoms with E-state index < -0.39 is 0 Å². The molecule has 1 nitrogen and oxygen atoms in total. The van der Waals surface area contributed by atoms with Crippen molar-refractivity contribution >= 4 is 11.4 Å². The van der Waals surface area contributed by atoms with E-state index in [1.165, 1.54) is 16.7 Å². The van der Waals surface area contributed by atoms with Crippen LogP contribution in [-0.2, 0) is 17.6 Å². The smallest absolute Gasteiger partial charge is 0.152 e. The van der Waals surface area contributed by atoms with E-state index in [1.54, 1.807) is 13.0 Å². The van der Waals surface area contributed by atoms with E-state index in [-0.39, 0.29) is 5.78 Å². The normalized spacial score (nSPS) is 11.5. The second-order valence-corrected chi connectivity index (χ2v) is 5.45. The van der Waals surface area contributed by atoms with Gasteiger partial charge in [0.15, 0.2) is 5.78 Å². The van der Waals surface area contributed by atoms with Gasteiger partial charge in [-0.2, -0.15) is 0 Å². The summed E-state index contributed by atoms with van der Waals surface area (Å²) in [5, 5.41) is 0. The standard InChI is InChI=1S/C20H22O/c1-4-17-9-7-10-18(13-17)14-19(12-16(3)21)20-11-6-5-8-15(20)2/h5-13H,4,14H2,1-3H3/b19-12-. The predicted octanol–water partition coefficient (Wildman–Crippen LogP) is 4.77. The molecule has 0 amide bonds. The molecule has 0 bridgehead atoms. The van der Waals surface area contributed by atoms with E-state index >= 15 is 0 Å². The van der Waals surface area contributed by atoms with Crippen molar-refractivity contribution in [3.8, 4) is 0 Å². The average Bonchev–Trinajstić information content (AvgIpc) is 2.47. The van der Waals surface area contributed by atoms with E-state index in [4.69, 9.17) is 0 Å². The van der Waals surface area contributed by atoms with E-state index in [9.17, 15) is 4.79 Å². The highest BCUT2D eigenvalue weighted by Crippen LogP contribution is 2.23. The Morgan fingerprint density at radius 3 is 2.43 bits per heavy atom. The van der Waals surface area contributed by atoms with Crippen molar-refractivity contribution in [1.29, 1.82) is 0 Å². The molecule has 108 valence electrons. The first-order valence-corrected chi connectivity index (χ1v) is 7.45.